The molecular weight excluding hydrogens is 198 g/mol. The lowest BCUT2D eigenvalue weighted by molar-refractivity contribution is -0.385. The third-order valence-corrected chi connectivity index (χ3v) is 2.13. The first kappa shape index (κ1) is 9.20. The van der Waals surface area contributed by atoms with E-state index < -0.39 is 16.4 Å². The summed E-state index contributed by atoms with van der Waals surface area (Å²) < 4.78 is 0. The smallest absolute Gasteiger partial charge is 0.313 e. The summed E-state index contributed by atoms with van der Waals surface area (Å²) in [5.74, 6) is -0.513. The first-order valence-corrected chi connectivity index (χ1v) is 4.11. The molecule has 0 spiro atoms. The molecule has 1 aromatic heterocycles. The highest BCUT2D eigenvalue weighted by molar-refractivity contribution is 5.98. The van der Waals surface area contributed by atoms with E-state index in [4.69, 9.17) is 5.73 Å². The van der Waals surface area contributed by atoms with Gasteiger partial charge in [0.15, 0.2) is 0 Å². The van der Waals surface area contributed by atoms with E-state index in [-0.39, 0.29) is 5.69 Å². The van der Waals surface area contributed by atoms with E-state index in [1.165, 1.54) is 18.5 Å². The topological polar surface area (TPSA) is 102 Å². The van der Waals surface area contributed by atoms with Gasteiger partial charge in [-0.1, -0.05) is 0 Å². The van der Waals surface area contributed by atoms with Crippen molar-refractivity contribution in [2.75, 3.05) is 5.73 Å². The number of nitro groups is 1. The Bertz CT molecular complexity index is 554. The molecule has 2 aromatic rings. The summed E-state index contributed by atoms with van der Waals surface area (Å²) in [4.78, 5) is 13.7. The molecule has 0 bridgehead atoms. The zero-order valence-corrected chi connectivity index (χ0v) is 7.54. The average Bonchev–Trinajstić information content (AvgIpc) is 2.23. The Morgan fingerprint density at radius 3 is 2.93 bits per heavy atom. The minimum atomic E-state index is -0.675. The number of aromatic hydroxyl groups is 1. The summed E-state index contributed by atoms with van der Waals surface area (Å²) in [7, 11) is 0. The highest BCUT2D eigenvalue weighted by Gasteiger charge is 2.18. The predicted molar refractivity (Wildman–Crippen MR) is 54.5 cm³/mol. The van der Waals surface area contributed by atoms with Crippen molar-refractivity contribution in [3.63, 3.8) is 0 Å². The van der Waals surface area contributed by atoms with Crippen molar-refractivity contribution < 1.29 is 10.0 Å². The number of hydrogen-bond donors (Lipinski definition) is 2. The van der Waals surface area contributed by atoms with Gasteiger partial charge in [0.2, 0.25) is 5.75 Å². The molecule has 76 valence electrons. The van der Waals surface area contributed by atoms with E-state index in [0.29, 0.717) is 10.8 Å². The van der Waals surface area contributed by atoms with Crippen molar-refractivity contribution >= 4 is 22.1 Å². The molecule has 0 aliphatic carbocycles. The molecule has 0 atom stereocenters. The van der Waals surface area contributed by atoms with E-state index >= 15 is 0 Å². The van der Waals surface area contributed by atoms with Gasteiger partial charge in [-0.3, -0.25) is 15.1 Å². The second-order valence-corrected chi connectivity index (χ2v) is 3.01. The Kier molecular flexibility index (Phi) is 1.89. The monoisotopic (exact) mass is 205 g/mol. The number of nitrogens with zero attached hydrogens (tertiary/aromatic N) is 2. The lowest BCUT2D eigenvalue weighted by Crippen LogP contribution is -1.94. The van der Waals surface area contributed by atoms with Crippen LogP contribution in [-0.4, -0.2) is 15.0 Å². The molecule has 3 N–H and O–H groups in total. The molecule has 0 aliphatic heterocycles. The Morgan fingerprint density at radius 1 is 1.53 bits per heavy atom. The number of phenolic OH excluding ortho intramolecular Hbond substituents is 1. The third kappa shape index (κ3) is 1.32. The number of rotatable bonds is 1. The number of fused-ring (bicyclic) bond motifs is 1. The fourth-order valence-corrected chi connectivity index (χ4v) is 1.38. The summed E-state index contributed by atoms with van der Waals surface area (Å²) in [6, 6.07) is 2.86. The summed E-state index contributed by atoms with van der Waals surface area (Å²) in [6.45, 7) is 0. The van der Waals surface area contributed by atoms with Crippen LogP contribution in [0.5, 0.6) is 5.75 Å². The van der Waals surface area contributed by atoms with Gasteiger partial charge in [0.1, 0.15) is 0 Å². The number of nitro benzene ring substituents is 1. The van der Waals surface area contributed by atoms with Gasteiger partial charge in [-0.2, -0.15) is 0 Å². The van der Waals surface area contributed by atoms with E-state index in [9.17, 15) is 15.2 Å². The molecule has 0 unspecified atom stereocenters. The van der Waals surface area contributed by atoms with Crippen LogP contribution in [0.25, 0.3) is 10.8 Å². The summed E-state index contributed by atoms with van der Waals surface area (Å²) in [5.41, 5.74) is 5.14. The third-order valence-electron chi connectivity index (χ3n) is 2.13. The van der Waals surface area contributed by atoms with Gasteiger partial charge in [-0.15, -0.1) is 0 Å². The zero-order valence-electron chi connectivity index (χ0n) is 7.54. The van der Waals surface area contributed by atoms with Crippen molar-refractivity contribution in [3.8, 4) is 5.75 Å². The fraction of sp³-hybridized carbons (Fsp3) is 0. The zero-order chi connectivity index (χ0) is 11.0. The Morgan fingerprint density at radius 2 is 2.27 bits per heavy atom. The van der Waals surface area contributed by atoms with Gasteiger partial charge >= 0.3 is 5.69 Å². The van der Waals surface area contributed by atoms with E-state index in [2.05, 4.69) is 4.98 Å². The summed E-state index contributed by atoms with van der Waals surface area (Å²) in [5, 5.41) is 21.1. The first-order chi connectivity index (χ1) is 7.11. The highest BCUT2D eigenvalue weighted by atomic mass is 16.6. The second-order valence-electron chi connectivity index (χ2n) is 3.01. The van der Waals surface area contributed by atoms with Gasteiger partial charge < -0.3 is 10.8 Å². The molecular formula is C9H7N3O3. The number of nitrogens with two attached hydrogens (primary N) is 1. The van der Waals surface area contributed by atoms with Gasteiger partial charge in [0, 0.05) is 23.8 Å². The number of hydrogen-bond acceptors (Lipinski definition) is 5. The number of nitrogen functional groups attached to an aromatic ring is 1. The van der Waals surface area contributed by atoms with Crippen LogP contribution >= 0.6 is 0 Å². The Balaban J connectivity index is 2.88. The molecule has 6 nitrogen and oxygen atoms in total. The van der Waals surface area contributed by atoms with E-state index in [1.54, 1.807) is 6.07 Å². The molecule has 6 heteroatoms. The molecule has 0 radical (unpaired) electrons. The van der Waals surface area contributed by atoms with Crippen LogP contribution in [0.3, 0.4) is 0 Å². The quantitative estimate of drug-likeness (QED) is 0.317. The Hall–Kier alpha value is -2.37. The van der Waals surface area contributed by atoms with Crippen molar-refractivity contribution in [3.05, 3.63) is 34.6 Å². The standard InChI is InChI=1S/C9H7N3O3/c10-8-6-4-11-2-1-5(6)3-7(9(8)13)12(14)15/h1-4,13H,10H2. The largest absolute Gasteiger partial charge is 0.501 e. The molecule has 0 fully saturated rings. The SMILES string of the molecule is Nc1c(O)c([N+](=O)[O-])cc2ccncc12. The van der Waals surface area contributed by atoms with Crippen molar-refractivity contribution in [1.82, 2.24) is 4.98 Å². The number of benzene rings is 1. The van der Waals surface area contributed by atoms with Gasteiger partial charge in [-0.25, -0.2) is 0 Å². The lowest BCUT2D eigenvalue weighted by atomic mass is 10.1. The maximum absolute atomic E-state index is 10.6. The molecule has 0 saturated carbocycles. The molecule has 15 heavy (non-hydrogen) atoms. The maximum Gasteiger partial charge on any atom is 0.313 e. The highest BCUT2D eigenvalue weighted by Crippen LogP contribution is 2.37. The van der Waals surface area contributed by atoms with Crippen LogP contribution in [-0.2, 0) is 0 Å². The van der Waals surface area contributed by atoms with Crippen LogP contribution in [0, 0.1) is 10.1 Å². The van der Waals surface area contributed by atoms with Crippen molar-refractivity contribution in [1.29, 1.82) is 0 Å². The first-order valence-electron chi connectivity index (χ1n) is 4.11. The number of aromatic nitrogens is 1. The number of anilines is 1. The molecule has 1 aromatic carbocycles. The lowest BCUT2D eigenvalue weighted by Gasteiger charge is -2.04. The normalized spacial score (nSPS) is 10.4. The fourth-order valence-electron chi connectivity index (χ4n) is 1.38. The van der Waals surface area contributed by atoms with Crippen LogP contribution in [0.4, 0.5) is 11.4 Å². The molecule has 0 aliphatic rings. The number of pyridine rings is 1. The number of phenols is 1. The molecule has 2 rings (SSSR count). The maximum atomic E-state index is 10.6. The minimum Gasteiger partial charge on any atom is -0.501 e. The molecule has 1 heterocycles. The minimum absolute atomic E-state index is 0.0210. The van der Waals surface area contributed by atoms with Crippen LogP contribution < -0.4 is 5.73 Å². The van der Waals surface area contributed by atoms with Gasteiger partial charge in [0.05, 0.1) is 10.6 Å². The Labute approximate surface area is 84.1 Å². The van der Waals surface area contributed by atoms with Crippen LogP contribution in [0.15, 0.2) is 24.5 Å². The van der Waals surface area contributed by atoms with Gasteiger partial charge in [-0.05, 0) is 11.5 Å². The van der Waals surface area contributed by atoms with Crippen molar-refractivity contribution in [2.45, 2.75) is 0 Å². The van der Waals surface area contributed by atoms with Crippen LogP contribution in [0.1, 0.15) is 0 Å². The van der Waals surface area contributed by atoms with Gasteiger partial charge in [0.25, 0.3) is 0 Å². The van der Waals surface area contributed by atoms with Crippen molar-refractivity contribution in [2.24, 2.45) is 0 Å². The van der Waals surface area contributed by atoms with E-state index in [1.807, 2.05) is 0 Å². The summed E-state index contributed by atoms with van der Waals surface area (Å²) in [6.07, 6.45) is 2.96. The summed E-state index contributed by atoms with van der Waals surface area (Å²) >= 11 is 0. The van der Waals surface area contributed by atoms with Crippen LogP contribution in [0.2, 0.25) is 0 Å². The second kappa shape index (κ2) is 3.09. The van der Waals surface area contributed by atoms with E-state index in [0.717, 1.165) is 0 Å². The molecule has 0 amide bonds. The molecule has 0 saturated heterocycles. The predicted octanol–water partition coefficient (Wildman–Crippen LogP) is 1.43. The average molecular weight is 205 g/mol.